The molecule has 1 atom stereocenters. The maximum absolute atomic E-state index is 11.6. The number of halogens is 2. The summed E-state index contributed by atoms with van der Waals surface area (Å²) in [5, 5.41) is 3.11. The van der Waals surface area contributed by atoms with Crippen LogP contribution in [0.1, 0.15) is 29.0 Å². The molecule has 0 bridgehead atoms. The molecule has 0 fully saturated rings. The van der Waals surface area contributed by atoms with Gasteiger partial charge in [-0.25, -0.2) is 9.78 Å². The van der Waals surface area contributed by atoms with Gasteiger partial charge in [0.15, 0.2) is 11.5 Å². The second-order valence-corrected chi connectivity index (χ2v) is 4.99. The monoisotopic (exact) mass is 325 g/mol. The van der Waals surface area contributed by atoms with Crippen LogP contribution in [0.25, 0.3) is 0 Å². The van der Waals surface area contributed by atoms with E-state index in [1.54, 1.807) is 0 Å². The Hall–Kier alpha value is -1.85. The molecule has 0 aliphatic rings. The van der Waals surface area contributed by atoms with Crippen LogP contribution < -0.4 is 5.32 Å². The fourth-order valence-corrected chi connectivity index (χ4v) is 2.16. The molecule has 0 saturated carbocycles. The van der Waals surface area contributed by atoms with Crippen molar-refractivity contribution < 1.29 is 9.53 Å². The Morgan fingerprint density at radius 2 is 1.90 bits per heavy atom. The minimum absolute atomic E-state index is 0.0677. The van der Waals surface area contributed by atoms with Crippen molar-refractivity contribution in [1.82, 2.24) is 9.97 Å². The molecule has 0 radical (unpaired) electrons. The van der Waals surface area contributed by atoms with E-state index in [4.69, 9.17) is 23.2 Å². The molecule has 2 rings (SSSR count). The molecule has 1 aromatic carbocycles. The van der Waals surface area contributed by atoms with Gasteiger partial charge in [-0.2, -0.15) is 4.98 Å². The molecule has 0 aliphatic heterocycles. The topological polar surface area (TPSA) is 64.1 Å². The third-order valence-electron chi connectivity index (χ3n) is 2.86. The molecule has 7 heteroatoms. The highest BCUT2D eigenvalue weighted by Crippen LogP contribution is 2.28. The van der Waals surface area contributed by atoms with Crippen molar-refractivity contribution >= 4 is 35.0 Å². The van der Waals surface area contributed by atoms with E-state index in [1.165, 1.54) is 7.11 Å². The molecule has 0 spiro atoms. The van der Waals surface area contributed by atoms with Gasteiger partial charge in [-0.1, -0.05) is 41.9 Å². The lowest BCUT2D eigenvalue weighted by Crippen LogP contribution is -2.13. The Bertz CT molecular complexity index is 650. The van der Waals surface area contributed by atoms with Crippen molar-refractivity contribution in [1.29, 1.82) is 0 Å². The van der Waals surface area contributed by atoms with E-state index in [-0.39, 0.29) is 27.9 Å². The summed E-state index contributed by atoms with van der Waals surface area (Å²) < 4.78 is 4.62. The Morgan fingerprint density at radius 1 is 1.24 bits per heavy atom. The Kier molecular flexibility index (Phi) is 4.98. The van der Waals surface area contributed by atoms with Crippen molar-refractivity contribution in [2.24, 2.45) is 0 Å². The quantitative estimate of drug-likeness (QED) is 0.685. The molecular weight excluding hydrogens is 313 g/mol. The third kappa shape index (κ3) is 3.62. The first-order chi connectivity index (χ1) is 10.0. The van der Waals surface area contributed by atoms with Crippen molar-refractivity contribution in [3.63, 3.8) is 0 Å². The predicted molar refractivity (Wildman–Crippen MR) is 81.9 cm³/mol. The fourth-order valence-electron chi connectivity index (χ4n) is 1.78. The third-order valence-corrected chi connectivity index (χ3v) is 3.38. The summed E-state index contributed by atoms with van der Waals surface area (Å²) in [5.41, 5.74) is 0.977. The number of esters is 1. The van der Waals surface area contributed by atoms with E-state index < -0.39 is 5.97 Å². The molecule has 0 saturated heterocycles. The highest BCUT2D eigenvalue weighted by molar-refractivity contribution is 6.36. The van der Waals surface area contributed by atoms with Gasteiger partial charge in [-0.3, -0.25) is 0 Å². The number of carbonyl (C=O) groups is 1. The van der Waals surface area contributed by atoms with Gasteiger partial charge in [-0.15, -0.1) is 0 Å². The van der Waals surface area contributed by atoms with Crippen molar-refractivity contribution in [2.45, 2.75) is 13.0 Å². The highest BCUT2D eigenvalue weighted by Gasteiger charge is 2.20. The van der Waals surface area contributed by atoms with Gasteiger partial charge in [0.2, 0.25) is 5.28 Å². The molecule has 1 N–H and O–H groups in total. The van der Waals surface area contributed by atoms with Crippen molar-refractivity contribution in [3.8, 4) is 0 Å². The molecule has 5 nitrogen and oxygen atoms in total. The number of nitrogens with zero attached hydrogens (tertiary/aromatic N) is 2. The maximum atomic E-state index is 11.6. The maximum Gasteiger partial charge on any atom is 0.358 e. The number of carbonyl (C=O) groups excluding carboxylic acids is 1. The van der Waals surface area contributed by atoms with Crippen LogP contribution in [-0.2, 0) is 4.74 Å². The van der Waals surface area contributed by atoms with Gasteiger partial charge >= 0.3 is 5.97 Å². The number of aromatic nitrogens is 2. The van der Waals surface area contributed by atoms with Gasteiger partial charge in [0.1, 0.15) is 5.02 Å². The van der Waals surface area contributed by atoms with Crippen LogP contribution in [0.4, 0.5) is 5.82 Å². The van der Waals surface area contributed by atoms with Crippen LogP contribution in [0.2, 0.25) is 10.3 Å². The van der Waals surface area contributed by atoms with E-state index in [2.05, 4.69) is 20.0 Å². The molecule has 21 heavy (non-hydrogen) atoms. The minimum Gasteiger partial charge on any atom is -0.464 e. The lowest BCUT2D eigenvalue weighted by Gasteiger charge is -2.16. The van der Waals surface area contributed by atoms with Crippen LogP contribution >= 0.6 is 23.2 Å². The van der Waals surface area contributed by atoms with Crippen LogP contribution in [0.5, 0.6) is 0 Å². The number of anilines is 1. The summed E-state index contributed by atoms with van der Waals surface area (Å²) in [7, 11) is 1.24. The standard InChI is InChI=1S/C14H13Cl2N3O2/c1-8(9-6-4-3-5-7-9)17-12-10(15)11(13(20)21-2)18-14(16)19-12/h3-8H,1-2H3,(H,17,18,19). The van der Waals surface area contributed by atoms with E-state index in [1.807, 2.05) is 37.3 Å². The smallest absolute Gasteiger partial charge is 0.358 e. The molecule has 1 aromatic heterocycles. The number of methoxy groups -OCH3 is 1. The van der Waals surface area contributed by atoms with Gasteiger partial charge in [0.05, 0.1) is 7.11 Å². The molecule has 110 valence electrons. The largest absolute Gasteiger partial charge is 0.464 e. The summed E-state index contributed by atoms with van der Waals surface area (Å²) in [4.78, 5) is 19.4. The zero-order chi connectivity index (χ0) is 15.4. The first kappa shape index (κ1) is 15.5. The number of nitrogens with one attached hydrogen (secondary N) is 1. The number of hydrogen-bond donors (Lipinski definition) is 1. The molecule has 1 heterocycles. The molecule has 2 aromatic rings. The number of ether oxygens (including phenoxy) is 1. The molecule has 0 aliphatic carbocycles. The summed E-state index contributed by atoms with van der Waals surface area (Å²) in [6.45, 7) is 1.94. The van der Waals surface area contributed by atoms with Gasteiger partial charge in [0.25, 0.3) is 0 Å². The Labute approximate surface area is 132 Å². The number of rotatable bonds is 4. The van der Waals surface area contributed by atoms with E-state index in [0.29, 0.717) is 0 Å². The van der Waals surface area contributed by atoms with Crippen molar-refractivity contribution in [3.05, 3.63) is 51.9 Å². The molecular formula is C14H13Cl2N3O2. The van der Waals surface area contributed by atoms with Crippen LogP contribution in [0, 0.1) is 0 Å². The second-order valence-electron chi connectivity index (χ2n) is 4.27. The summed E-state index contributed by atoms with van der Waals surface area (Å²) in [6, 6.07) is 9.66. The predicted octanol–water partition coefficient (Wildman–Crippen LogP) is 3.74. The van der Waals surface area contributed by atoms with E-state index >= 15 is 0 Å². The van der Waals surface area contributed by atoms with E-state index in [9.17, 15) is 4.79 Å². The SMILES string of the molecule is COC(=O)c1nc(Cl)nc(NC(C)c2ccccc2)c1Cl. The summed E-state index contributed by atoms with van der Waals surface area (Å²) in [6.07, 6.45) is 0. The summed E-state index contributed by atoms with van der Waals surface area (Å²) >= 11 is 12.0. The van der Waals surface area contributed by atoms with Gasteiger partial charge in [-0.05, 0) is 24.1 Å². The van der Waals surface area contributed by atoms with Gasteiger partial charge < -0.3 is 10.1 Å². The highest BCUT2D eigenvalue weighted by atomic mass is 35.5. The van der Waals surface area contributed by atoms with E-state index in [0.717, 1.165) is 5.56 Å². The Balaban J connectivity index is 2.32. The average molecular weight is 326 g/mol. The van der Waals surface area contributed by atoms with Gasteiger partial charge in [0, 0.05) is 6.04 Å². The van der Waals surface area contributed by atoms with Crippen LogP contribution in [-0.4, -0.2) is 23.0 Å². The van der Waals surface area contributed by atoms with Crippen molar-refractivity contribution in [2.75, 3.05) is 12.4 Å². The molecule has 1 unspecified atom stereocenters. The lowest BCUT2D eigenvalue weighted by atomic mass is 10.1. The summed E-state index contributed by atoms with van der Waals surface area (Å²) in [5.74, 6) is -0.381. The first-order valence-electron chi connectivity index (χ1n) is 6.15. The fraction of sp³-hybridized carbons (Fsp3) is 0.214. The Morgan fingerprint density at radius 3 is 2.52 bits per heavy atom. The second kappa shape index (κ2) is 6.74. The van der Waals surface area contributed by atoms with Crippen LogP contribution in [0.15, 0.2) is 30.3 Å². The normalized spacial score (nSPS) is 11.8. The zero-order valence-electron chi connectivity index (χ0n) is 11.4. The number of hydrogen-bond acceptors (Lipinski definition) is 5. The minimum atomic E-state index is -0.667. The zero-order valence-corrected chi connectivity index (χ0v) is 12.9. The first-order valence-corrected chi connectivity index (χ1v) is 6.91. The molecule has 0 amide bonds. The average Bonchev–Trinajstić information content (AvgIpc) is 2.50. The van der Waals surface area contributed by atoms with Crippen LogP contribution in [0.3, 0.4) is 0 Å². The lowest BCUT2D eigenvalue weighted by molar-refractivity contribution is 0.0594. The number of benzene rings is 1.